The zero-order valence-corrected chi connectivity index (χ0v) is 19.8. The van der Waals surface area contributed by atoms with E-state index in [1.807, 2.05) is 60.7 Å². The van der Waals surface area contributed by atoms with Gasteiger partial charge in [0.1, 0.15) is 0 Å². The van der Waals surface area contributed by atoms with Gasteiger partial charge >= 0.3 is 0 Å². The molecule has 10 heteroatoms. The molecule has 0 radical (unpaired) electrons. The fourth-order valence-corrected chi connectivity index (χ4v) is 5.01. The molecule has 178 valence electrons. The number of hydrogen-bond donors (Lipinski definition) is 0. The molecule has 0 saturated heterocycles. The molecule has 0 spiro atoms. The molecule has 0 atom stereocenters. The smallest absolute Gasteiger partial charge is 0.267 e. The number of benzene rings is 3. The van der Waals surface area contributed by atoms with Crippen LogP contribution in [-0.4, -0.2) is 24.3 Å². The number of rotatable bonds is 4. The fourth-order valence-electron chi connectivity index (χ4n) is 4.05. The second-order valence-electron chi connectivity index (χ2n) is 8.13. The molecular weight excluding hydrogens is 490 g/mol. The lowest BCUT2D eigenvalue weighted by atomic mass is 10.0. The van der Waals surface area contributed by atoms with E-state index < -0.39 is 16.0 Å². The number of nitro groups is 1. The van der Waals surface area contributed by atoms with Crippen LogP contribution in [0.25, 0.3) is 44.7 Å². The Kier molecular flexibility index (Phi) is 5.35. The third-order valence-electron chi connectivity index (χ3n) is 5.76. The molecule has 0 fully saturated rings. The first-order valence-electron chi connectivity index (χ1n) is 11.1. The molecule has 6 rings (SSSR count). The molecule has 9 nitrogen and oxygen atoms in total. The average Bonchev–Trinajstić information content (AvgIpc) is 3.24. The Labute approximate surface area is 211 Å². The monoisotopic (exact) mass is 505 g/mol. The van der Waals surface area contributed by atoms with Crippen molar-refractivity contribution < 1.29 is 4.92 Å². The summed E-state index contributed by atoms with van der Waals surface area (Å²) in [5, 5.41) is 11.1. The predicted molar refractivity (Wildman–Crippen MR) is 141 cm³/mol. The van der Waals surface area contributed by atoms with Gasteiger partial charge in [-0.1, -0.05) is 84.1 Å². The first-order chi connectivity index (χ1) is 18.0. The van der Waals surface area contributed by atoms with Gasteiger partial charge in [0.05, 0.1) is 20.8 Å². The first kappa shape index (κ1) is 22.4. The van der Waals surface area contributed by atoms with Crippen LogP contribution in [0.3, 0.4) is 0 Å². The predicted octanol–water partition coefficient (Wildman–Crippen LogP) is 3.85. The SMILES string of the molecule is O=c1/c(=C/c2cccc([N+](=O)[O-])c2)sc2nc3nc(-c4ccccc4)c(-c4ccccc4)nc3c(=O)n12. The number of hydrogen-bond acceptors (Lipinski definition) is 8. The number of non-ortho nitro benzene ring substituents is 1. The Morgan fingerprint density at radius 2 is 1.43 bits per heavy atom. The summed E-state index contributed by atoms with van der Waals surface area (Å²) >= 11 is 1.01. The van der Waals surface area contributed by atoms with Crippen LogP contribution in [0.5, 0.6) is 0 Å². The molecule has 3 aromatic carbocycles. The Hall–Kier alpha value is -5.09. The van der Waals surface area contributed by atoms with E-state index in [4.69, 9.17) is 4.98 Å². The van der Waals surface area contributed by atoms with Gasteiger partial charge in [-0.3, -0.25) is 19.7 Å². The highest BCUT2D eigenvalue weighted by Crippen LogP contribution is 2.29. The van der Waals surface area contributed by atoms with E-state index in [0.717, 1.165) is 26.9 Å². The topological polar surface area (TPSA) is 120 Å². The molecule has 0 aliphatic rings. The molecule has 0 saturated carbocycles. The molecule has 37 heavy (non-hydrogen) atoms. The summed E-state index contributed by atoms with van der Waals surface area (Å²) < 4.78 is 1.19. The van der Waals surface area contributed by atoms with Crippen molar-refractivity contribution in [2.45, 2.75) is 0 Å². The van der Waals surface area contributed by atoms with E-state index in [1.165, 1.54) is 24.3 Å². The minimum Gasteiger partial charge on any atom is -0.267 e. The summed E-state index contributed by atoms with van der Waals surface area (Å²) in [5.41, 5.74) is 1.94. The summed E-state index contributed by atoms with van der Waals surface area (Å²) in [4.78, 5) is 51.3. The Balaban J connectivity index is 1.63. The fraction of sp³-hybridized carbons (Fsp3) is 0. The van der Waals surface area contributed by atoms with Crippen molar-refractivity contribution in [1.29, 1.82) is 0 Å². The van der Waals surface area contributed by atoms with Gasteiger partial charge in [0.15, 0.2) is 11.2 Å². The number of nitro benzene ring substituents is 1. The van der Waals surface area contributed by atoms with Crippen molar-refractivity contribution in [3.63, 3.8) is 0 Å². The number of thiazole rings is 1. The van der Waals surface area contributed by atoms with E-state index in [1.54, 1.807) is 6.07 Å². The van der Waals surface area contributed by atoms with Crippen molar-refractivity contribution in [1.82, 2.24) is 19.4 Å². The Morgan fingerprint density at radius 1 is 0.784 bits per heavy atom. The van der Waals surface area contributed by atoms with Gasteiger partial charge in [-0.25, -0.2) is 14.4 Å². The van der Waals surface area contributed by atoms with Crippen LogP contribution in [0.15, 0.2) is 94.5 Å². The normalized spacial score (nSPS) is 11.8. The molecule has 3 heterocycles. The van der Waals surface area contributed by atoms with Gasteiger partial charge in [0, 0.05) is 23.3 Å². The molecule has 0 bridgehead atoms. The van der Waals surface area contributed by atoms with Crippen molar-refractivity contribution >= 4 is 39.2 Å². The van der Waals surface area contributed by atoms with Crippen LogP contribution in [0, 0.1) is 10.1 Å². The molecule has 0 unspecified atom stereocenters. The van der Waals surface area contributed by atoms with E-state index >= 15 is 0 Å². The van der Waals surface area contributed by atoms with Crippen molar-refractivity contribution in [2.24, 2.45) is 0 Å². The lowest BCUT2D eigenvalue weighted by Crippen LogP contribution is -2.31. The molecule has 0 amide bonds. The summed E-state index contributed by atoms with van der Waals surface area (Å²) in [5.74, 6) is 0. The van der Waals surface area contributed by atoms with Gasteiger partial charge in [-0.05, 0) is 11.6 Å². The molecular formula is C27H15N5O4S. The molecule has 6 aromatic rings. The van der Waals surface area contributed by atoms with Crippen molar-refractivity contribution in [3.05, 3.63) is 126 Å². The molecule has 0 aliphatic heterocycles. The Bertz CT molecular complexity index is 2000. The minimum absolute atomic E-state index is 0.0205. The highest BCUT2D eigenvalue weighted by atomic mass is 32.1. The second kappa shape index (κ2) is 8.85. The van der Waals surface area contributed by atoms with E-state index in [-0.39, 0.29) is 26.3 Å². The molecule has 0 aliphatic carbocycles. The Morgan fingerprint density at radius 3 is 2.08 bits per heavy atom. The average molecular weight is 506 g/mol. The maximum Gasteiger partial charge on any atom is 0.289 e. The largest absolute Gasteiger partial charge is 0.289 e. The highest BCUT2D eigenvalue weighted by Gasteiger charge is 2.19. The lowest BCUT2D eigenvalue weighted by Gasteiger charge is -2.10. The summed E-state index contributed by atoms with van der Waals surface area (Å²) in [7, 11) is 0. The highest BCUT2D eigenvalue weighted by molar-refractivity contribution is 7.15. The second-order valence-corrected chi connectivity index (χ2v) is 9.14. The van der Waals surface area contributed by atoms with Gasteiger partial charge in [-0.2, -0.15) is 4.98 Å². The standard InChI is InChI=1S/C27H15N5O4S/c33-25-20(15-16-8-7-13-19(14-16)32(35)36)37-27-30-24-23(26(34)31(25)27)28-21(17-9-3-1-4-10-17)22(29-24)18-11-5-2-6-12-18/h1-15H/b20-15-. The van der Waals surface area contributed by atoms with Crippen molar-refractivity contribution in [3.8, 4) is 22.5 Å². The van der Waals surface area contributed by atoms with Crippen LogP contribution in [0.1, 0.15) is 5.56 Å². The third-order valence-corrected chi connectivity index (χ3v) is 6.73. The number of nitrogens with zero attached hydrogens (tertiary/aromatic N) is 5. The van der Waals surface area contributed by atoms with Crippen molar-refractivity contribution in [2.75, 3.05) is 0 Å². The number of fused-ring (bicyclic) bond motifs is 2. The summed E-state index contributed by atoms with van der Waals surface area (Å²) in [6, 6.07) is 24.8. The maximum absolute atomic E-state index is 13.5. The lowest BCUT2D eigenvalue weighted by molar-refractivity contribution is -0.384. The van der Waals surface area contributed by atoms with E-state index in [9.17, 15) is 19.7 Å². The van der Waals surface area contributed by atoms with E-state index in [2.05, 4.69) is 9.97 Å². The van der Waals surface area contributed by atoms with Gasteiger partial charge in [0.25, 0.3) is 16.8 Å². The molecule has 0 N–H and O–H groups in total. The van der Waals surface area contributed by atoms with Crippen LogP contribution < -0.4 is 15.7 Å². The van der Waals surface area contributed by atoms with Crippen LogP contribution in [-0.2, 0) is 0 Å². The summed E-state index contributed by atoms with van der Waals surface area (Å²) in [6.07, 6.45) is 1.50. The molecule has 3 aromatic heterocycles. The van der Waals surface area contributed by atoms with Crippen LogP contribution in [0.4, 0.5) is 5.69 Å². The first-order valence-corrected chi connectivity index (χ1v) is 12.0. The van der Waals surface area contributed by atoms with Gasteiger partial charge in [0.2, 0.25) is 4.96 Å². The zero-order chi connectivity index (χ0) is 25.5. The maximum atomic E-state index is 13.5. The zero-order valence-electron chi connectivity index (χ0n) is 18.9. The quantitative estimate of drug-likeness (QED) is 0.264. The minimum atomic E-state index is -0.621. The summed E-state index contributed by atoms with van der Waals surface area (Å²) in [6.45, 7) is 0. The third kappa shape index (κ3) is 3.95. The van der Waals surface area contributed by atoms with Gasteiger partial charge in [-0.15, -0.1) is 0 Å². The van der Waals surface area contributed by atoms with Crippen LogP contribution >= 0.6 is 11.3 Å². The van der Waals surface area contributed by atoms with Crippen LogP contribution in [0.2, 0.25) is 0 Å². The van der Waals surface area contributed by atoms with Gasteiger partial charge < -0.3 is 0 Å². The number of aromatic nitrogens is 4. The van der Waals surface area contributed by atoms with E-state index in [0.29, 0.717) is 17.0 Å².